The fraction of sp³-hybridized carbons (Fsp3) is 0.533. The highest BCUT2D eigenvalue weighted by Crippen LogP contribution is 2.17. The molecular formula is C15H21NO. The molecular weight excluding hydrogens is 210 g/mol. The first-order valence-electron chi connectivity index (χ1n) is 6.46. The van der Waals surface area contributed by atoms with Crippen LogP contribution in [0.1, 0.15) is 34.8 Å². The summed E-state index contributed by atoms with van der Waals surface area (Å²) in [6, 6.07) is 6.00. The van der Waals surface area contributed by atoms with Gasteiger partial charge in [-0.3, -0.25) is 4.79 Å². The van der Waals surface area contributed by atoms with E-state index in [2.05, 4.69) is 24.8 Å². The first-order valence-corrected chi connectivity index (χ1v) is 6.46. The van der Waals surface area contributed by atoms with E-state index in [1.165, 1.54) is 30.6 Å². The summed E-state index contributed by atoms with van der Waals surface area (Å²) in [5.41, 5.74) is 3.39. The Bertz CT molecular complexity index is 400. The van der Waals surface area contributed by atoms with Crippen LogP contribution in [-0.4, -0.2) is 30.8 Å². The van der Waals surface area contributed by atoms with Gasteiger partial charge in [-0.05, 0) is 49.4 Å². The first-order chi connectivity index (χ1) is 8.19. The van der Waals surface area contributed by atoms with Crippen LogP contribution in [0, 0.1) is 12.8 Å². The molecule has 0 aliphatic carbocycles. The Morgan fingerprint density at radius 1 is 1.47 bits per heavy atom. The molecule has 0 aromatic heterocycles. The number of carbonyl (C=O) groups is 1. The minimum atomic E-state index is 0.779. The minimum absolute atomic E-state index is 0.779. The van der Waals surface area contributed by atoms with Gasteiger partial charge in [-0.15, -0.1) is 0 Å². The monoisotopic (exact) mass is 231 g/mol. The Morgan fingerprint density at radius 2 is 2.29 bits per heavy atom. The maximum absolute atomic E-state index is 10.7. The van der Waals surface area contributed by atoms with Gasteiger partial charge in [0.1, 0.15) is 6.29 Å². The summed E-state index contributed by atoms with van der Waals surface area (Å²) < 4.78 is 0. The molecule has 1 unspecified atom stereocenters. The fourth-order valence-corrected chi connectivity index (χ4v) is 2.58. The number of aryl methyl sites for hydroxylation is 1. The van der Waals surface area contributed by atoms with Gasteiger partial charge in [0.05, 0.1) is 0 Å². The summed E-state index contributed by atoms with van der Waals surface area (Å²) in [7, 11) is 0. The standard InChI is InChI=1S/C15H21NO/c1-12-5-7-16(10-12)8-6-15-4-3-14(11-17)9-13(15)2/h3-4,9,11-12H,5-8,10H2,1-2H3. The van der Waals surface area contributed by atoms with E-state index < -0.39 is 0 Å². The van der Waals surface area contributed by atoms with Gasteiger partial charge < -0.3 is 4.90 Å². The number of benzene rings is 1. The average Bonchev–Trinajstić information content (AvgIpc) is 2.73. The molecule has 0 amide bonds. The van der Waals surface area contributed by atoms with Crippen LogP contribution in [0.2, 0.25) is 0 Å². The summed E-state index contributed by atoms with van der Waals surface area (Å²) in [4.78, 5) is 13.2. The third-order valence-corrected chi connectivity index (χ3v) is 3.71. The smallest absolute Gasteiger partial charge is 0.150 e. The van der Waals surface area contributed by atoms with E-state index in [0.717, 1.165) is 30.7 Å². The molecule has 1 aliphatic heterocycles. The van der Waals surface area contributed by atoms with Crippen molar-refractivity contribution in [3.8, 4) is 0 Å². The van der Waals surface area contributed by atoms with Gasteiger partial charge in [-0.1, -0.05) is 19.1 Å². The fourth-order valence-electron chi connectivity index (χ4n) is 2.58. The van der Waals surface area contributed by atoms with Gasteiger partial charge in [-0.2, -0.15) is 0 Å². The molecule has 1 atom stereocenters. The summed E-state index contributed by atoms with van der Waals surface area (Å²) in [6.45, 7) is 8.04. The van der Waals surface area contributed by atoms with Crippen molar-refractivity contribution in [3.63, 3.8) is 0 Å². The van der Waals surface area contributed by atoms with Crippen LogP contribution in [0.5, 0.6) is 0 Å². The molecule has 0 spiro atoms. The second-order valence-electron chi connectivity index (χ2n) is 5.25. The molecule has 1 aromatic rings. The Labute approximate surface area is 104 Å². The summed E-state index contributed by atoms with van der Waals surface area (Å²) in [5.74, 6) is 0.855. The van der Waals surface area contributed by atoms with E-state index >= 15 is 0 Å². The quantitative estimate of drug-likeness (QED) is 0.743. The van der Waals surface area contributed by atoms with Crippen LogP contribution >= 0.6 is 0 Å². The third kappa shape index (κ3) is 3.16. The van der Waals surface area contributed by atoms with Crippen molar-refractivity contribution in [2.45, 2.75) is 26.7 Å². The molecule has 17 heavy (non-hydrogen) atoms. The number of likely N-dealkylation sites (tertiary alicyclic amines) is 1. The molecule has 1 aliphatic rings. The lowest BCUT2D eigenvalue weighted by Crippen LogP contribution is -2.23. The maximum atomic E-state index is 10.7. The highest BCUT2D eigenvalue weighted by molar-refractivity contribution is 5.75. The average molecular weight is 231 g/mol. The van der Waals surface area contributed by atoms with Crippen LogP contribution < -0.4 is 0 Å². The molecule has 2 nitrogen and oxygen atoms in total. The molecule has 0 saturated carbocycles. The summed E-state index contributed by atoms with van der Waals surface area (Å²) in [5, 5.41) is 0. The van der Waals surface area contributed by atoms with Crippen molar-refractivity contribution in [2.75, 3.05) is 19.6 Å². The lowest BCUT2D eigenvalue weighted by Gasteiger charge is -2.16. The Hall–Kier alpha value is -1.15. The normalized spacial score (nSPS) is 20.7. The predicted molar refractivity (Wildman–Crippen MR) is 70.5 cm³/mol. The van der Waals surface area contributed by atoms with E-state index in [1.54, 1.807) is 0 Å². The zero-order valence-corrected chi connectivity index (χ0v) is 10.8. The van der Waals surface area contributed by atoms with Crippen LogP contribution in [0.25, 0.3) is 0 Å². The van der Waals surface area contributed by atoms with Crippen molar-refractivity contribution in [1.82, 2.24) is 4.90 Å². The second-order valence-corrected chi connectivity index (χ2v) is 5.25. The Balaban J connectivity index is 1.92. The zero-order valence-electron chi connectivity index (χ0n) is 10.8. The molecule has 0 bridgehead atoms. The second kappa shape index (κ2) is 5.46. The molecule has 92 valence electrons. The maximum Gasteiger partial charge on any atom is 0.150 e. The van der Waals surface area contributed by atoms with E-state index in [-0.39, 0.29) is 0 Å². The highest BCUT2D eigenvalue weighted by atomic mass is 16.1. The number of rotatable bonds is 4. The number of hydrogen-bond acceptors (Lipinski definition) is 2. The number of nitrogens with zero attached hydrogens (tertiary/aromatic N) is 1. The van der Waals surface area contributed by atoms with E-state index in [1.807, 2.05) is 12.1 Å². The van der Waals surface area contributed by atoms with Crippen molar-refractivity contribution < 1.29 is 4.79 Å². The lowest BCUT2D eigenvalue weighted by atomic mass is 10.0. The molecule has 2 rings (SSSR count). The molecule has 0 N–H and O–H groups in total. The Morgan fingerprint density at radius 3 is 2.88 bits per heavy atom. The van der Waals surface area contributed by atoms with Gasteiger partial charge in [-0.25, -0.2) is 0 Å². The number of hydrogen-bond donors (Lipinski definition) is 0. The van der Waals surface area contributed by atoms with Gasteiger partial charge in [0.25, 0.3) is 0 Å². The zero-order chi connectivity index (χ0) is 12.3. The van der Waals surface area contributed by atoms with Crippen LogP contribution in [0.3, 0.4) is 0 Å². The van der Waals surface area contributed by atoms with Crippen molar-refractivity contribution in [3.05, 3.63) is 34.9 Å². The van der Waals surface area contributed by atoms with Crippen LogP contribution in [0.4, 0.5) is 0 Å². The third-order valence-electron chi connectivity index (χ3n) is 3.71. The van der Waals surface area contributed by atoms with E-state index in [9.17, 15) is 4.79 Å². The number of carbonyl (C=O) groups excluding carboxylic acids is 1. The van der Waals surface area contributed by atoms with Gasteiger partial charge in [0, 0.05) is 18.7 Å². The van der Waals surface area contributed by atoms with Crippen LogP contribution in [0.15, 0.2) is 18.2 Å². The number of aldehydes is 1. The van der Waals surface area contributed by atoms with E-state index in [4.69, 9.17) is 0 Å². The van der Waals surface area contributed by atoms with Crippen molar-refractivity contribution in [2.24, 2.45) is 5.92 Å². The first kappa shape index (κ1) is 12.3. The minimum Gasteiger partial charge on any atom is -0.303 e. The van der Waals surface area contributed by atoms with Gasteiger partial charge >= 0.3 is 0 Å². The topological polar surface area (TPSA) is 20.3 Å². The molecule has 2 heteroatoms. The van der Waals surface area contributed by atoms with Crippen LogP contribution in [-0.2, 0) is 6.42 Å². The molecule has 1 heterocycles. The van der Waals surface area contributed by atoms with Gasteiger partial charge in [0.15, 0.2) is 0 Å². The van der Waals surface area contributed by atoms with E-state index in [0.29, 0.717) is 0 Å². The van der Waals surface area contributed by atoms with Gasteiger partial charge in [0.2, 0.25) is 0 Å². The van der Waals surface area contributed by atoms with Crippen molar-refractivity contribution >= 4 is 6.29 Å². The molecule has 0 radical (unpaired) electrons. The molecule has 1 aromatic carbocycles. The lowest BCUT2D eigenvalue weighted by molar-refractivity contribution is 0.112. The summed E-state index contributed by atoms with van der Waals surface area (Å²) >= 11 is 0. The van der Waals surface area contributed by atoms with Crippen molar-refractivity contribution in [1.29, 1.82) is 0 Å². The molecule has 1 fully saturated rings. The Kier molecular flexibility index (Phi) is 3.95. The largest absolute Gasteiger partial charge is 0.303 e. The summed E-state index contributed by atoms with van der Waals surface area (Å²) in [6.07, 6.45) is 3.35. The SMILES string of the molecule is Cc1cc(C=O)ccc1CCN1CCC(C)C1. The predicted octanol–water partition coefficient (Wildman–Crippen LogP) is 2.69. The highest BCUT2D eigenvalue weighted by Gasteiger charge is 2.17. The molecule has 1 saturated heterocycles.